The van der Waals surface area contributed by atoms with E-state index < -0.39 is 0 Å². The van der Waals surface area contributed by atoms with E-state index >= 15 is 0 Å². The Kier molecular flexibility index (Phi) is 4.22. The minimum Gasteiger partial charge on any atom is -0.446 e. The Bertz CT molecular complexity index is 829. The maximum absolute atomic E-state index is 12.2. The number of fused-ring (bicyclic) bond motifs is 3. The van der Waals surface area contributed by atoms with Crippen molar-refractivity contribution in [1.82, 2.24) is 20.5 Å². The lowest BCUT2D eigenvalue weighted by Gasteiger charge is -2.35. The maximum atomic E-state index is 12.2. The molecule has 2 aromatic heterocycles. The summed E-state index contributed by atoms with van der Waals surface area (Å²) >= 11 is 0. The van der Waals surface area contributed by atoms with Gasteiger partial charge in [-0.15, -0.1) is 0 Å². The number of hydrogen-bond acceptors (Lipinski definition) is 5. The number of amides is 1. The molecule has 0 aromatic carbocycles. The first kappa shape index (κ1) is 16.6. The topological polar surface area (TPSA) is 91.9 Å². The number of pyridine rings is 1. The van der Waals surface area contributed by atoms with Gasteiger partial charge in [-0.05, 0) is 62.5 Å². The molecule has 8 bridgehead atoms. The molecular formula is C20H25N5O2. The van der Waals surface area contributed by atoms with E-state index in [1.165, 1.54) is 5.56 Å². The molecule has 1 amide bonds. The summed E-state index contributed by atoms with van der Waals surface area (Å²) in [5.41, 5.74) is 3.29. The summed E-state index contributed by atoms with van der Waals surface area (Å²) in [6.45, 7) is 0. The summed E-state index contributed by atoms with van der Waals surface area (Å²) in [7, 11) is 0. The zero-order valence-corrected chi connectivity index (χ0v) is 15.3. The van der Waals surface area contributed by atoms with Gasteiger partial charge in [-0.3, -0.25) is 10.1 Å². The van der Waals surface area contributed by atoms with Crippen molar-refractivity contribution in [1.29, 1.82) is 0 Å². The number of carbonyl (C=O) groups is 1. The molecule has 4 heterocycles. The van der Waals surface area contributed by atoms with Crippen LogP contribution in [0.2, 0.25) is 0 Å². The van der Waals surface area contributed by atoms with Crippen molar-refractivity contribution < 1.29 is 9.53 Å². The van der Waals surface area contributed by atoms with E-state index in [9.17, 15) is 4.79 Å². The van der Waals surface area contributed by atoms with Crippen LogP contribution >= 0.6 is 0 Å². The SMILES string of the molecule is O=C1NC2CC(CCc3cncc(c3)Nc3cc([nH]n3)[C@H]3CC[C@H](C3)O1)C2. The number of alkyl carbamates (subject to hydrolysis) is 1. The highest BCUT2D eigenvalue weighted by molar-refractivity contribution is 5.68. The number of hydrogen-bond donors (Lipinski definition) is 3. The third-order valence-corrected chi connectivity index (χ3v) is 6.16. The van der Waals surface area contributed by atoms with Gasteiger partial charge in [0.05, 0.1) is 11.9 Å². The number of H-pyrrole nitrogens is 1. The normalized spacial score (nSPS) is 30.1. The van der Waals surface area contributed by atoms with Gasteiger partial charge in [-0.1, -0.05) is 0 Å². The smallest absolute Gasteiger partial charge is 0.407 e. The van der Waals surface area contributed by atoms with Crippen molar-refractivity contribution in [2.75, 3.05) is 5.32 Å². The van der Waals surface area contributed by atoms with Crippen LogP contribution in [0.1, 0.15) is 55.7 Å². The number of nitrogens with one attached hydrogen (secondary N) is 3. The van der Waals surface area contributed by atoms with Crippen molar-refractivity contribution in [3.8, 4) is 0 Å². The molecule has 0 radical (unpaired) electrons. The minimum atomic E-state index is -0.255. The fourth-order valence-electron chi connectivity index (χ4n) is 4.59. The fourth-order valence-corrected chi connectivity index (χ4v) is 4.59. The second kappa shape index (κ2) is 6.87. The number of aromatic amines is 1. The van der Waals surface area contributed by atoms with Crippen LogP contribution in [0.3, 0.4) is 0 Å². The summed E-state index contributed by atoms with van der Waals surface area (Å²) in [5.74, 6) is 1.81. The quantitative estimate of drug-likeness (QED) is 0.661. The molecule has 2 aliphatic heterocycles. The third-order valence-electron chi connectivity index (χ3n) is 6.16. The molecular weight excluding hydrogens is 342 g/mol. The van der Waals surface area contributed by atoms with Crippen molar-refractivity contribution in [2.45, 2.75) is 63.0 Å². The number of nitrogens with zero attached hydrogens (tertiary/aromatic N) is 2. The lowest BCUT2D eigenvalue weighted by Crippen LogP contribution is -2.45. The highest BCUT2D eigenvalue weighted by atomic mass is 16.6. The van der Waals surface area contributed by atoms with Gasteiger partial charge in [-0.25, -0.2) is 4.79 Å². The maximum Gasteiger partial charge on any atom is 0.407 e. The van der Waals surface area contributed by atoms with Gasteiger partial charge in [-0.2, -0.15) is 5.10 Å². The molecule has 4 aliphatic rings. The number of aryl methyl sites for hydroxylation is 1. The Labute approximate surface area is 158 Å². The number of ether oxygens (including phenoxy) is 1. The Hall–Kier alpha value is -2.57. The molecule has 2 fully saturated rings. The lowest BCUT2D eigenvalue weighted by molar-refractivity contribution is 0.0875. The molecule has 142 valence electrons. The van der Waals surface area contributed by atoms with Crippen molar-refractivity contribution in [2.24, 2.45) is 5.92 Å². The van der Waals surface area contributed by atoms with Crippen molar-refractivity contribution in [3.63, 3.8) is 0 Å². The van der Waals surface area contributed by atoms with E-state index in [0.29, 0.717) is 11.8 Å². The third kappa shape index (κ3) is 3.63. The second-order valence-electron chi connectivity index (χ2n) is 8.17. The molecule has 2 atom stereocenters. The van der Waals surface area contributed by atoms with Crippen LogP contribution < -0.4 is 10.6 Å². The fraction of sp³-hybridized carbons (Fsp3) is 0.550. The van der Waals surface area contributed by atoms with E-state index in [-0.39, 0.29) is 18.2 Å². The number of anilines is 2. The van der Waals surface area contributed by atoms with Gasteiger partial charge in [0.25, 0.3) is 0 Å². The van der Waals surface area contributed by atoms with Gasteiger partial charge in [0.2, 0.25) is 0 Å². The van der Waals surface area contributed by atoms with E-state index in [2.05, 4.69) is 37.9 Å². The van der Waals surface area contributed by atoms with E-state index in [4.69, 9.17) is 4.74 Å². The molecule has 0 saturated heterocycles. The molecule has 6 rings (SSSR count). The minimum absolute atomic E-state index is 0.00894. The monoisotopic (exact) mass is 367 g/mol. The molecule has 7 nitrogen and oxygen atoms in total. The largest absolute Gasteiger partial charge is 0.446 e. The van der Waals surface area contributed by atoms with Crippen LogP contribution in [0.25, 0.3) is 0 Å². The average molecular weight is 367 g/mol. The van der Waals surface area contributed by atoms with Gasteiger partial charge in [0.15, 0.2) is 5.82 Å². The van der Waals surface area contributed by atoms with Crippen LogP contribution in [0, 0.1) is 5.92 Å². The van der Waals surface area contributed by atoms with Crippen LogP contribution in [-0.2, 0) is 11.2 Å². The molecule has 2 aromatic rings. The summed E-state index contributed by atoms with van der Waals surface area (Å²) in [6.07, 6.45) is 10.5. The highest BCUT2D eigenvalue weighted by Crippen LogP contribution is 2.37. The molecule has 7 heteroatoms. The Morgan fingerprint density at radius 2 is 2.00 bits per heavy atom. The van der Waals surface area contributed by atoms with E-state index in [1.807, 2.05) is 12.4 Å². The van der Waals surface area contributed by atoms with Gasteiger partial charge >= 0.3 is 6.09 Å². The first-order valence-corrected chi connectivity index (χ1v) is 9.94. The molecule has 3 N–H and O–H groups in total. The van der Waals surface area contributed by atoms with Gasteiger partial charge in [0.1, 0.15) is 6.10 Å². The summed E-state index contributed by atoms with van der Waals surface area (Å²) in [5, 5.41) is 13.9. The predicted molar refractivity (Wildman–Crippen MR) is 101 cm³/mol. The molecule has 2 saturated carbocycles. The van der Waals surface area contributed by atoms with Crippen molar-refractivity contribution >= 4 is 17.6 Å². The standard InChI is InChI=1S/C20H25N5O2/c26-20-23-15-5-12(6-15)1-2-13-7-16(11-21-10-13)22-19-9-18(24-25-19)14-3-4-17(8-14)27-20/h7,9-12,14-15,17H,1-6,8H2,(H,23,26)(H2,22,24,25)/t12?,14-,15?,17+/m0/s1. The van der Waals surface area contributed by atoms with Gasteiger partial charge in [0, 0.05) is 29.9 Å². The Morgan fingerprint density at radius 1 is 1.07 bits per heavy atom. The van der Waals surface area contributed by atoms with Crippen LogP contribution in [0.5, 0.6) is 0 Å². The van der Waals surface area contributed by atoms with Crippen LogP contribution in [-0.4, -0.2) is 33.4 Å². The molecule has 2 aliphatic carbocycles. The number of rotatable bonds is 0. The number of aromatic nitrogens is 3. The Morgan fingerprint density at radius 3 is 2.93 bits per heavy atom. The predicted octanol–water partition coefficient (Wildman–Crippen LogP) is 3.64. The van der Waals surface area contributed by atoms with Crippen LogP contribution in [0.15, 0.2) is 24.5 Å². The van der Waals surface area contributed by atoms with E-state index in [0.717, 1.165) is 62.1 Å². The molecule has 0 unspecified atom stereocenters. The van der Waals surface area contributed by atoms with Crippen LogP contribution in [0.4, 0.5) is 16.3 Å². The Balaban J connectivity index is 1.36. The van der Waals surface area contributed by atoms with Crippen molar-refractivity contribution in [3.05, 3.63) is 35.8 Å². The summed E-state index contributed by atoms with van der Waals surface area (Å²) in [4.78, 5) is 16.5. The zero-order chi connectivity index (χ0) is 18.2. The highest BCUT2D eigenvalue weighted by Gasteiger charge is 2.33. The van der Waals surface area contributed by atoms with Gasteiger partial charge < -0.3 is 15.4 Å². The lowest BCUT2D eigenvalue weighted by atomic mass is 9.77. The second-order valence-corrected chi connectivity index (χ2v) is 8.17. The first-order valence-electron chi connectivity index (χ1n) is 9.94. The zero-order valence-electron chi connectivity index (χ0n) is 15.3. The number of carbonyl (C=O) groups excluding carboxylic acids is 1. The van der Waals surface area contributed by atoms with E-state index in [1.54, 1.807) is 0 Å². The molecule has 27 heavy (non-hydrogen) atoms. The average Bonchev–Trinajstić information content (AvgIpc) is 3.26. The molecule has 0 spiro atoms. The summed E-state index contributed by atoms with van der Waals surface area (Å²) < 4.78 is 5.66. The summed E-state index contributed by atoms with van der Waals surface area (Å²) in [6, 6.07) is 4.47. The first-order chi connectivity index (χ1) is 13.2.